The molecule has 108 valence electrons. The van der Waals surface area contributed by atoms with Gasteiger partial charge in [0.25, 0.3) is 0 Å². The molecule has 0 N–H and O–H groups in total. The summed E-state index contributed by atoms with van der Waals surface area (Å²) in [5, 5.41) is 0. The molecule has 1 heterocycles. The van der Waals surface area contributed by atoms with Gasteiger partial charge in [-0.05, 0) is 30.2 Å². The molecule has 2 heteroatoms. The predicted octanol–water partition coefficient (Wildman–Crippen LogP) is 4.34. The first kappa shape index (κ1) is 13.9. The summed E-state index contributed by atoms with van der Waals surface area (Å²) in [6.07, 6.45) is 4.02. The topological polar surface area (TPSA) is 12.5 Å². The number of hydrogen-bond donors (Lipinski definition) is 0. The van der Waals surface area contributed by atoms with Crippen molar-refractivity contribution in [2.24, 2.45) is 0 Å². The molecule has 0 saturated heterocycles. The van der Waals surface area contributed by atoms with E-state index < -0.39 is 0 Å². The Bertz CT molecular complexity index is 594. The first-order valence-electron chi connectivity index (χ1n) is 7.51. The summed E-state index contributed by atoms with van der Waals surface area (Å²) in [5.74, 6) is 0. The maximum Gasteiger partial charge on any atom is 0.0651 e. The van der Waals surface area contributed by atoms with E-state index in [1.807, 2.05) is 6.08 Å². The van der Waals surface area contributed by atoms with Gasteiger partial charge >= 0.3 is 0 Å². The summed E-state index contributed by atoms with van der Waals surface area (Å²) >= 11 is 0. The monoisotopic (exact) mass is 279 g/mol. The van der Waals surface area contributed by atoms with Crippen molar-refractivity contribution < 1.29 is 4.74 Å². The van der Waals surface area contributed by atoms with Gasteiger partial charge in [0, 0.05) is 24.3 Å². The van der Waals surface area contributed by atoms with Crippen molar-refractivity contribution in [1.29, 1.82) is 0 Å². The Morgan fingerprint density at radius 3 is 2.67 bits per heavy atom. The first-order chi connectivity index (χ1) is 10.4. The SMILES string of the molecule is C=CCC1Cc2ccccc2N(c2ccccc2)CCO1. The fourth-order valence-electron chi connectivity index (χ4n) is 2.90. The molecule has 1 aliphatic rings. The van der Waals surface area contributed by atoms with E-state index in [1.54, 1.807) is 0 Å². The molecule has 2 nitrogen and oxygen atoms in total. The van der Waals surface area contributed by atoms with Gasteiger partial charge in [-0.2, -0.15) is 0 Å². The van der Waals surface area contributed by atoms with E-state index in [9.17, 15) is 0 Å². The largest absolute Gasteiger partial charge is 0.376 e. The summed E-state index contributed by atoms with van der Waals surface area (Å²) in [4.78, 5) is 2.35. The molecule has 1 atom stereocenters. The number of ether oxygens (including phenoxy) is 1. The first-order valence-corrected chi connectivity index (χ1v) is 7.51. The van der Waals surface area contributed by atoms with Crippen molar-refractivity contribution >= 4 is 11.4 Å². The second-order valence-corrected chi connectivity index (χ2v) is 5.34. The Hall–Kier alpha value is -2.06. The van der Waals surface area contributed by atoms with Gasteiger partial charge in [0.1, 0.15) is 0 Å². The van der Waals surface area contributed by atoms with Crippen LogP contribution in [0.2, 0.25) is 0 Å². The fourth-order valence-corrected chi connectivity index (χ4v) is 2.90. The lowest BCUT2D eigenvalue weighted by atomic mass is 10.0. The molecule has 21 heavy (non-hydrogen) atoms. The normalized spacial score (nSPS) is 18.5. The van der Waals surface area contributed by atoms with Crippen LogP contribution in [0.25, 0.3) is 0 Å². The van der Waals surface area contributed by atoms with E-state index >= 15 is 0 Å². The molecule has 3 rings (SSSR count). The summed E-state index contributed by atoms with van der Waals surface area (Å²) in [5.41, 5.74) is 3.85. The van der Waals surface area contributed by atoms with Gasteiger partial charge in [-0.1, -0.05) is 42.5 Å². The maximum absolute atomic E-state index is 6.02. The van der Waals surface area contributed by atoms with Crippen LogP contribution in [0.5, 0.6) is 0 Å². The molecule has 0 amide bonds. The average molecular weight is 279 g/mol. The van der Waals surface area contributed by atoms with Gasteiger partial charge < -0.3 is 9.64 Å². The quantitative estimate of drug-likeness (QED) is 0.775. The van der Waals surface area contributed by atoms with E-state index in [1.165, 1.54) is 16.9 Å². The van der Waals surface area contributed by atoms with E-state index in [-0.39, 0.29) is 6.10 Å². The van der Waals surface area contributed by atoms with E-state index in [0.717, 1.165) is 26.0 Å². The second-order valence-electron chi connectivity index (χ2n) is 5.34. The molecule has 0 aliphatic carbocycles. The van der Waals surface area contributed by atoms with E-state index in [0.29, 0.717) is 0 Å². The van der Waals surface area contributed by atoms with Crippen LogP contribution in [-0.2, 0) is 11.2 Å². The standard InChI is InChI=1S/C19H21NO/c1-2-8-18-15-16-9-6-7-12-19(16)20(13-14-21-18)17-10-4-3-5-11-17/h2-7,9-12,18H,1,8,13-15H2. The Labute approximate surface area is 126 Å². The molecular weight excluding hydrogens is 258 g/mol. The Kier molecular flexibility index (Phi) is 4.37. The number of anilines is 2. The number of nitrogens with zero attached hydrogens (tertiary/aromatic N) is 1. The van der Waals surface area contributed by atoms with Gasteiger partial charge in [0.2, 0.25) is 0 Å². The summed E-state index contributed by atoms with van der Waals surface area (Å²) in [6, 6.07) is 19.1. The van der Waals surface area contributed by atoms with Crippen LogP contribution < -0.4 is 4.90 Å². The third-order valence-electron chi connectivity index (χ3n) is 3.90. The average Bonchev–Trinajstić information content (AvgIpc) is 2.51. The van der Waals surface area contributed by atoms with Crippen LogP contribution in [0.1, 0.15) is 12.0 Å². The number of para-hydroxylation sites is 2. The van der Waals surface area contributed by atoms with Gasteiger partial charge in [-0.15, -0.1) is 6.58 Å². The van der Waals surface area contributed by atoms with Crippen LogP contribution in [0.3, 0.4) is 0 Å². The third-order valence-corrected chi connectivity index (χ3v) is 3.90. The zero-order valence-corrected chi connectivity index (χ0v) is 12.2. The van der Waals surface area contributed by atoms with Crippen LogP contribution in [0, 0.1) is 0 Å². The minimum absolute atomic E-state index is 0.238. The molecule has 0 spiro atoms. The third kappa shape index (κ3) is 3.17. The predicted molar refractivity (Wildman–Crippen MR) is 88.1 cm³/mol. The van der Waals surface area contributed by atoms with Crippen LogP contribution in [-0.4, -0.2) is 19.3 Å². The molecular formula is C19H21NO. The van der Waals surface area contributed by atoms with E-state index in [2.05, 4.69) is 66.1 Å². The molecule has 0 aromatic heterocycles. The molecule has 1 aliphatic heterocycles. The lowest BCUT2D eigenvalue weighted by molar-refractivity contribution is 0.0593. The van der Waals surface area contributed by atoms with Crippen molar-refractivity contribution in [3.63, 3.8) is 0 Å². The minimum Gasteiger partial charge on any atom is -0.376 e. The van der Waals surface area contributed by atoms with Crippen molar-refractivity contribution in [3.8, 4) is 0 Å². The zero-order chi connectivity index (χ0) is 14.5. The Morgan fingerprint density at radius 1 is 1.10 bits per heavy atom. The van der Waals surface area contributed by atoms with Crippen LogP contribution in [0.4, 0.5) is 11.4 Å². The molecule has 1 unspecified atom stereocenters. The summed E-state index contributed by atoms with van der Waals surface area (Å²) in [6.45, 7) is 5.44. The Morgan fingerprint density at radius 2 is 1.86 bits per heavy atom. The number of benzene rings is 2. The summed E-state index contributed by atoms with van der Waals surface area (Å²) < 4.78 is 6.02. The maximum atomic E-state index is 6.02. The lowest BCUT2D eigenvalue weighted by Crippen LogP contribution is -2.30. The number of fused-ring (bicyclic) bond motifs is 1. The fraction of sp³-hybridized carbons (Fsp3) is 0.263. The highest BCUT2D eigenvalue weighted by Crippen LogP contribution is 2.31. The highest BCUT2D eigenvalue weighted by molar-refractivity contribution is 5.66. The van der Waals surface area contributed by atoms with E-state index in [4.69, 9.17) is 4.74 Å². The second kappa shape index (κ2) is 6.59. The van der Waals surface area contributed by atoms with Crippen molar-refractivity contribution in [1.82, 2.24) is 0 Å². The molecule has 0 radical (unpaired) electrons. The molecule has 0 fully saturated rings. The molecule has 2 aromatic carbocycles. The van der Waals surface area contributed by atoms with Crippen molar-refractivity contribution in [2.75, 3.05) is 18.1 Å². The molecule has 0 bridgehead atoms. The zero-order valence-electron chi connectivity index (χ0n) is 12.2. The van der Waals surface area contributed by atoms with Crippen molar-refractivity contribution in [3.05, 3.63) is 72.8 Å². The van der Waals surface area contributed by atoms with Gasteiger partial charge in [-0.3, -0.25) is 0 Å². The lowest BCUT2D eigenvalue weighted by Gasteiger charge is -2.31. The summed E-state index contributed by atoms with van der Waals surface area (Å²) in [7, 11) is 0. The van der Waals surface area contributed by atoms with Gasteiger partial charge in [0.15, 0.2) is 0 Å². The highest BCUT2D eigenvalue weighted by Gasteiger charge is 2.19. The van der Waals surface area contributed by atoms with Crippen LogP contribution in [0.15, 0.2) is 67.3 Å². The van der Waals surface area contributed by atoms with Gasteiger partial charge in [0.05, 0.1) is 12.7 Å². The minimum atomic E-state index is 0.238. The Balaban J connectivity index is 1.97. The molecule has 2 aromatic rings. The molecule has 0 saturated carbocycles. The van der Waals surface area contributed by atoms with Crippen molar-refractivity contribution in [2.45, 2.75) is 18.9 Å². The van der Waals surface area contributed by atoms with Crippen LogP contribution >= 0.6 is 0 Å². The van der Waals surface area contributed by atoms with Gasteiger partial charge in [-0.25, -0.2) is 0 Å². The number of rotatable bonds is 3. The highest BCUT2D eigenvalue weighted by atomic mass is 16.5. The number of hydrogen-bond acceptors (Lipinski definition) is 2. The smallest absolute Gasteiger partial charge is 0.0651 e.